The first-order valence-electron chi connectivity index (χ1n) is 18.1. The van der Waals surface area contributed by atoms with Gasteiger partial charge < -0.3 is 47.4 Å². The second-order valence-electron chi connectivity index (χ2n) is 11.1. The van der Waals surface area contributed by atoms with Crippen molar-refractivity contribution in [1.29, 1.82) is 0 Å². The topological polar surface area (TPSA) is 109 Å². The average Bonchev–Trinajstić information content (AvgIpc) is 3.07. The van der Waals surface area contributed by atoms with E-state index in [4.69, 9.17) is 42.6 Å². The predicted octanol–water partition coefficient (Wildman–Crippen LogP) is 5.79. The van der Waals surface area contributed by atoms with Crippen molar-refractivity contribution in [1.82, 2.24) is 0 Å². The molecule has 0 aromatic rings. The maximum atomic E-state index is 10.9. The molecule has 0 saturated heterocycles. The van der Waals surface area contributed by atoms with Crippen molar-refractivity contribution in [2.24, 2.45) is 0 Å². The number of hydrogen-bond acceptors (Lipinski definition) is 11. The lowest BCUT2D eigenvalue weighted by atomic mass is 10.0. The summed E-state index contributed by atoms with van der Waals surface area (Å²) >= 11 is 0. The van der Waals surface area contributed by atoms with Crippen LogP contribution < -0.4 is 0 Å². The quantitative estimate of drug-likeness (QED) is 0.0584. The van der Waals surface area contributed by atoms with Crippen LogP contribution in [-0.4, -0.2) is 132 Å². The zero-order chi connectivity index (χ0) is 33.3. The minimum absolute atomic E-state index is 0.251. The number of ether oxygens (including phenoxy) is 10. The standard InChI is InChI=1S/C35H70O11/c1-3-4-5-6-7-8-9-10-11-12-13-14-15-17-38-19-21-40-23-25-42-27-29-44-31-33-46-34-32-45-30-28-43-26-24-41-22-20-39-18-16-35(36)37-2/h3-34H2,1-2H3. The molecule has 11 heteroatoms. The lowest BCUT2D eigenvalue weighted by molar-refractivity contribution is -0.141. The highest BCUT2D eigenvalue weighted by atomic mass is 16.6. The fourth-order valence-corrected chi connectivity index (χ4v) is 4.34. The summed E-state index contributed by atoms with van der Waals surface area (Å²) in [6, 6.07) is 0. The molecule has 0 aromatic carbocycles. The third kappa shape index (κ3) is 41.1. The number of carbonyl (C=O) groups excluding carboxylic acids is 1. The zero-order valence-corrected chi connectivity index (χ0v) is 29.6. The molecule has 0 saturated carbocycles. The van der Waals surface area contributed by atoms with Gasteiger partial charge in [0.2, 0.25) is 0 Å². The van der Waals surface area contributed by atoms with E-state index in [1.807, 2.05) is 0 Å². The minimum Gasteiger partial charge on any atom is -0.469 e. The molecule has 0 aromatic heterocycles. The van der Waals surface area contributed by atoms with Gasteiger partial charge in [-0.15, -0.1) is 0 Å². The number of esters is 1. The molecule has 0 aliphatic heterocycles. The molecule has 0 bridgehead atoms. The number of unbranched alkanes of at least 4 members (excludes halogenated alkanes) is 12. The SMILES string of the molecule is CCCCCCCCCCCCCCCOCCOCCOCCOCCOCCOCCOCCOCCOCCC(=O)OC. The first-order chi connectivity index (χ1) is 22.8. The molecule has 11 nitrogen and oxygen atoms in total. The van der Waals surface area contributed by atoms with Gasteiger partial charge >= 0.3 is 5.97 Å². The van der Waals surface area contributed by atoms with Crippen molar-refractivity contribution < 1.29 is 52.2 Å². The maximum Gasteiger partial charge on any atom is 0.307 e. The Hall–Kier alpha value is -0.890. The van der Waals surface area contributed by atoms with Gasteiger partial charge in [-0.1, -0.05) is 84.0 Å². The van der Waals surface area contributed by atoms with Crippen LogP contribution >= 0.6 is 0 Å². The van der Waals surface area contributed by atoms with Gasteiger partial charge in [0.05, 0.1) is 126 Å². The molecule has 0 rings (SSSR count). The van der Waals surface area contributed by atoms with Gasteiger partial charge in [0.25, 0.3) is 0 Å². The Morgan fingerprint density at radius 3 is 0.848 bits per heavy atom. The van der Waals surface area contributed by atoms with Gasteiger partial charge in [-0.2, -0.15) is 0 Å². The minimum atomic E-state index is -0.280. The van der Waals surface area contributed by atoms with Crippen LogP contribution in [0.15, 0.2) is 0 Å². The van der Waals surface area contributed by atoms with Crippen LogP contribution in [0.4, 0.5) is 0 Å². The first kappa shape index (κ1) is 45.1. The molecule has 0 amide bonds. The van der Waals surface area contributed by atoms with Crippen LogP contribution in [0.5, 0.6) is 0 Å². The van der Waals surface area contributed by atoms with Crippen LogP contribution in [0, 0.1) is 0 Å². The lowest BCUT2D eigenvalue weighted by Gasteiger charge is -2.09. The summed E-state index contributed by atoms with van der Waals surface area (Å²) in [4.78, 5) is 10.9. The normalized spacial score (nSPS) is 11.4. The Balaban J connectivity index is 3.05. The van der Waals surface area contributed by atoms with Crippen molar-refractivity contribution >= 4 is 5.97 Å². The van der Waals surface area contributed by atoms with Gasteiger partial charge in [0.15, 0.2) is 0 Å². The van der Waals surface area contributed by atoms with Crippen LogP contribution in [0.3, 0.4) is 0 Å². The van der Waals surface area contributed by atoms with Gasteiger partial charge in [-0.3, -0.25) is 4.79 Å². The molecule has 0 fully saturated rings. The Kier molecular flexibility index (Phi) is 41.3. The summed E-state index contributed by atoms with van der Waals surface area (Å²) in [7, 11) is 1.36. The predicted molar refractivity (Wildman–Crippen MR) is 180 cm³/mol. The third-order valence-electron chi connectivity index (χ3n) is 7.05. The van der Waals surface area contributed by atoms with Crippen molar-refractivity contribution in [2.75, 3.05) is 126 Å². The Labute approximate surface area is 280 Å². The highest BCUT2D eigenvalue weighted by Crippen LogP contribution is 2.12. The monoisotopic (exact) mass is 666 g/mol. The molecular weight excluding hydrogens is 596 g/mol. The van der Waals surface area contributed by atoms with E-state index in [-0.39, 0.29) is 12.4 Å². The molecule has 46 heavy (non-hydrogen) atoms. The molecule has 0 heterocycles. The van der Waals surface area contributed by atoms with Crippen LogP contribution in [0.25, 0.3) is 0 Å². The summed E-state index contributed by atoms with van der Waals surface area (Å²) in [5.74, 6) is -0.280. The van der Waals surface area contributed by atoms with E-state index < -0.39 is 0 Å². The second kappa shape index (κ2) is 42.1. The summed E-state index contributed by atoms with van der Waals surface area (Å²) < 4.78 is 53.8. The van der Waals surface area contributed by atoms with Crippen molar-refractivity contribution in [2.45, 2.75) is 96.8 Å². The van der Waals surface area contributed by atoms with E-state index in [0.717, 1.165) is 13.0 Å². The van der Waals surface area contributed by atoms with Gasteiger partial charge in [0, 0.05) is 6.61 Å². The van der Waals surface area contributed by atoms with E-state index in [1.54, 1.807) is 0 Å². The molecule has 0 aliphatic carbocycles. The number of methoxy groups -OCH3 is 1. The Bertz CT molecular complexity index is 569. The Morgan fingerprint density at radius 2 is 0.565 bits per heavy atom. The summed E-state index contributed by atoms with van der Waals surface area (Å²) in [5.41, 5.74) is 0. The molecule has 0 radical (unpaired) electrons. The Morgan fingerprint density at radius 1 is 0.326 bits per heavy atom. The third-order valence-corrected chi connectivity index (χ3v) is 7.05. The first-order valence-corrected chi connectivity index (χ1v) is 18.1. The van der Waals surface area contributed by atoms with E-state index in [2.05, 4.69) is 11.7 Å². The van der Waals surface area contributed by atoms with E-state index in [9.17, 15) is 4.79 Å². The largest absolute Gasteiger partial charge is 0.469 e. The number of carbonyl (C=O) groups is 1. The highest BCUT2D eigenvalue weighted by molar-refractivity contribution is 5.69. The molecule has 0 aliphatic rings. The summed E-state index contributed by atoms with van der Waals surface area (Å²) in [6.07, 6.45) is 18.0. The molecule has 0 spiro atoms. The lowest BCUT2D eigenvalue weighted by Crippen LogP contribution is -2.15. The van der Waals surface area contributed by atoms with Crippen LogP contribution in [0.2, 0.25) is 0 Å². The highest BCUT2D eigenvalue weighted by Gasteiger charge is 2.00. The molecule has 0 N–H and O–H groups in total. The fraction of sp³-hybridized carbons (Fsp3) is 0.971. The summed E-state index contributed by atoms with van der Waals surface area (Å²) in [5, 5.41) is 0. The summed E-state index contributed by atoms with van der Waals surface area (Å²) in [6.45, 7) is 11.8. The smallest absolute Gasteiger partial charge is 0.307 e. The maximum absolute atomic E-state index is 10.9. The zero-order valence-electron chi connectivity index (χ0n) is 29.6. The van der Waals surface area contributed by atoms with E-state index >= 15 is 0 Å². The second-order valence-corrected chi connectivity index (χ2v) is 11.1. The van der Waals surface area contributed by atoms with Crippen LogP contribution in [-0.2, 0) is 52.2 Å². The van der Waals surface area contributed by atoms with Crippen molar-refractivity contribution in [3.63, 3.8) is 0 Å². The molecular formula is C35H70O11. The molecule has 276 valence electrons. The van der Waals surface area contributed by atoms with Crippen LogP contribution in [0.1, 0.15) is 96.8 Å². The van der Waals surface area contributed by atoms with Gasteiger partial charge in [0.1, 0.15) is 0 Å². The fourth-order valence-electron chi connectivity index (χ4n) is 4.34. The van der Waals surface area contributed by atoms with E-state index in [0.29, 0.717) is 112 Å². The van der Waals surface area contributed by atoms with Gasteiger partial charge in [-0.05, 0) is 6.42 Å². The van der Waals surface area contributed by atoms with E-state index in [1.165, 1.54) is 84.2 Å². The molecule has 0 unspecified atom stereocenters. The van der Waals surface area contributed by atoms with Crippen molar-refractivity contribution in [3.05, 3.63) is 0 Å². The number of hydrogen-bond donors (Lipinski definition) is 0. The van der Waals surface area contributed by atoms with Gasteiger partial charge in [-0.25, -0.2) is 0 Å². The number of rotatable bonds is 41. The van der Waals surface area contributed by atoms with Crippen molar-refractivity contribution in [3.8, 4) is 0 Å². The molecule has 0 atom stereocenters. The average molecular weight is 667 g/mol.